The van der Waals surface area contributed by atoms with E-state index in [9.17, 15) is 0 Å². The van der Waals surface area contributed by atoms with Gasteiger partial charge in [-0.2, -0.15) is 5.26 Å². The number of nitrogens with zero attached hydrogens (tertiary/aromatic N) is 1. The third-order valence-electron chi connectivity index (χ3n) is 3.97. The molecular weight excluding hydrogens is 194 g/mol. The lowest BCUT2D eigenvalue weighted by Gasteiger charge is -2.18. The van der Waals surface area contributed by atoms with Crippen LogP contribution in [-0.2, 0) is 6.42 Å². The Hall–Kier alpha value is -1.55. The lowest BCUT2D eigenvalue weighted by Crippen LogP contribution is -2.04. The summed E-state index contributed by atoms with van der Waals surface area (Å²) in [6.07, 6.45) is 7.97. The van der Waals surface area contributed by atoms with E-state index in [0.29, 0.717) is 6.42 Å². The van der Waals surface area contributed by atoms with Gasteiger partial charge >= 0.3 is 0 Å². The molecule has 16 heavy (non-hydrogen) atoms. The van der Waals surface area contributed by atoms with Crippen molar-refractivity contribution >= 4 is 0 Å². The third-order valence-corrected chi connectivity index (χ3v) is 3.97. The van der Waals surface area contributed by atoms with Gasteiger partial charge < -0.3 is 0 Å². The summed E-state index contributed by atoms with van der Waals surface area (Å²) in [5.74, 6) is 2.33. The standard InChI is InChI=1S/C15H15N/c16-8-7-11-1-4-13(5-2-11)15-10-12-3-6-14(15)9-12/h1-6,12,14-15H,7,9-10H2. The Balaban J connectivity index is 1.81. The predicted octanol–water partition coefficient (Wildman–Crippen LogP) is 3.43. The average Bonchev–Trinajstić information content (AvgIpc) is 2.92. The normalized spacial score (nSPS) is 30.6. The van der Waals surface area contributed by atoms with Crippen molar-refractivity contribution in [1.29, 1.82) is 5.26 Å². The smallest absolute Gasteiger partial charge is 0.0669 e. The van der Waals surface area contributed by atoms with Crippen LogP contribution in [0.3, 0.4) is 0 Å². The summed E-state index contributed by atoms with van der Waals surface area (Å²) in [4.78, 5) is 0. The summed E-state index contributed by atoms with van der Waals surface area (Å²) in [5.41, 5.74) is 2.59. The quantitative estimate of drug-likeness (QED) is 0.684. The molecule has 0 aromatic heterocycles. The molecule has 0 amide bonds. The van der Waals surface area contributed by atoms with Crippen molar-refractivity contribution in [2.75, 3.05) is 0 Å². The summed E-state index contributed by atoms with van der Waals surface area (Å²) >= 11 is 0. The molecule has 0 spiro atoms. The minimum absolute atomic E-state index is 0.525. The number of benzene rings is 1. The Kier molecular flexibility index (Phi) is 2.29. The van der Waals surface area contributed by atoms with Gasteiger partial charge in [-0.3, -0.25) is 0 Å². The van der Waals surface area contributed by atoms with Gasteiger partial charge in [0.15, 0.2) is 0 Å². The summed E-state index contributed by atoms with van der Waals surface area (Å²) in [5, 5.41) is 8.63. The SMILES string of the molecule is N#CCc1ccc(C2CC3C=CC2C3)cc1. The van der Waals surface area contributed by atoms with Crippen molar-refractivity contribution in [1.82, 2.24) is 0 Å². The van der Waals surface area contributed by atoms with E-state index in [2.05, 4.69) is 42.5 Å². The largest absolute Gasteiger partial charge is 0.198 e. The number of allylic oxidation sites excluding steroid dienone is 2. The Morgan fingerprint density at radius 1 is 1.12 bits per heavy atom. The van der Waals surface area contributed by atoms with Gasteiger partial charge in [0.2, 0.25) is 0 Å². The number of rotatable bonds is 2. The first kappa shape index (κ1) is 9.66. The molecule has 1 nitrogen and oxygen atoms in total. The highest BCUT2D eigenvalue weighted by atomic mass is 14.4. The van der Waals surface area contributed by atoms with Crippen LogP contribution in [-0.4, -0.2) is 0 Å². The van der Waals surface area contributed by atoms with Crippen LogP contribution in [0.25, 0.3) is 0 Å². The van der Waals surface area contributed by atoms with Gasteiger partial charge in [-0.15, -0.1) is 0 Å². The first-order valence-corrected chi connectivity index (χ1v) is 6.01. The summed E-state index contributed by atoms with van der Waals surface area (Å²) in [6, 6.07) is 10.8. The van der Waals surface area contributed by atoms with Crippen molar-refractivity contribution in [3.05, 3.63) is 47.5 Å². The number of fused-ring (bicyclic) bond motifs is 2. The van der Waals surface area contributed by atoms with Crippen molar-refractivity contribution in [2.45, 2.75) is 25.2 Å². The van der Waals surface area contributed by atoms with E-state index in [0.717, 1.165) is 23.3 Å². The van der Waals surface area contributed by atoms with Crippen molar-refractivity contribution < 1.29 is 0 Å². The van der Waals surface area contributed by atoms with E-state index in [1.54, 1.807) is 0 Å². The highest BCUT2D eigenvalue weighted by Crippen LogP contribution is 2.48. The Morgan fingerprint density at radius 2 is 1.94 bits per heavy atom. The molecule has 0 saturated heterocycles. The topological polar surface area (TPSA) is 23.8 Å². The number of hydrogen-bond donors (Lipinski definition) is 0. The van der Waals surface area contributed by atoms with E-state index in [4.69, 9.17) is 5.26 Å². The second-order valence-corrected chi connectivity index (χ2v) is 4.96. The Bertz CT molecular complexity index is 449. The minimum atomic E-state index is 0.525. The van der Waals surface area contributed by atoms with Crippen LogP contribution in [0.4, 0.5) is 0 Å². The molecule has 0 aliphatic heterocycles. The molecule has 2 aliphatic carbocycles. The van der Waals surface area contributed by atoms with Crippen LogP contribution in [0.15, 0.2) is 36.4 Å². The van der Waals surface area contributed by atoms with E-state index in [-0.39, 0.29) is 0 Å². The molecule has 1 aromatic carbocycles. The predicted molar refractivity (Wildman–Crippen MR) is 63.9 cm³/mol. The van der Waals surface area contributed by atoms with E-state index >= 15 is 0 Å². The lowest BCUT2D eigenvalue weighted by molar-refractivity contribution is 0.585. The second-order valence-electron chi connectivity index (χ2n) is 4.96. The van der Waals surface area contributed by atoms with Gasteiger partial charge in [0, 0.05) is 0 Å². The zero-order valence-corrected chi connectivity index (χ0v) is 9.26. The molecule has 1 saturated carbocycles. The first-order valence-electron chi connectivity index (χ1n) is 6.01. The Morgan fingerprint density at radius 3 is 2.50 bits per heavy atom. The van der Waals surface area contributed by atoms with Crippen molar-refractivity contribution in [2.24, 2.45) is 11.8 Å². The highest BCUT2D eigenvalue weighted by molar-refractivity contribution is 5.31. The molecular formula is C15H15N. The molecule has 2 bridgehead atoms. The Labute approximate surface area is 96.4 Å². The molecule has 0 N–H and O–H groups in total. The van der Waals surface area contributed by atoms with Crippen LogP contribution in [0.1, 0.15) is 29.9 Å². The van der Waals surface area contributed by atoms with Gasteiger partial charge in [-0.05, 0) is 41.7 Å². The van der Waals surface area contributed by atoms with Gasteiger partial charge in [0.1, 0.15) is 0 Å². The van der Waals surface area contributed by atoms with Crippen LogP contribution >= 0.6 is 0 Å². The maximum atomic E-state index is 8.63. The molecule has 1 aromatic rings. The van der Waals surface area contributed by atoms with Gasteiger partial charge in [-0.25, -0.2) is 0 Å². The van der Waals surface area contributed by atoms with E-state index in [1.165, 1.54) is 18.4 Å². The monoisotopic (exact) mass is 209 g/mol. The zero-order valence-electron chi connectivity index (χ0n) is 9.26. The van der Waals surface area contributed by atoms with Crippen LogP contribution in [0.2, 0.25) is 0 Å². The van der Waals surface area contributed by atoms with Gasteiger partial charge in [-0.1, -0.05) is 36.4 Å². The first-order chi connectivity index (χ1) is 7.86. The molecule has 1 fully saturated rings. The van der Waals surface area contributed by atoms with Crippen molar-refractivity contribution in [3.8, 4) is 6.07 Å². The van der Waals surface area contributed by atoms with Crippen LogP contribution < -0.4 is 0 Å². The average molecular weight is 209 g/mol. The van der Waals surface area contributed by atoms with Gasteiger partial charge in [0.05, 0.1) is 12.5 Å². The van der Waals surface area contributed by atoms with Crippen molar-refractivity contribution in [3.63, 3.8) is 0 Å². The minimum Gasteiger partial charge on any atom is -0.198 e. The summed E-state index contributed by atoms with van der Waals surface area (Å²) in [6.45, 7) is 0. The molecule has 1 heteroatoms. The molecule has 0 radical (unpaired) electrons. The maximum Gasteiger partial charge on any atom is 0.0669 e. The molecule has 3 unspecified atom stereocenters. The third kappa shape index (κ3) is 1.55. The summed E-state index contributed by atoms with van der Waals surface area (Å²) < 4.78 is 0. The zero-order chi connectivity index (χ0) is 11.0. The number of hydrogen-bond acceptors (Lipinski definition) is 1. The van der Waals surface area contributed by atoms with Crippen LogP contribution in [0, 0.1) is 23.2 Å². The van der Waals surface area contributed by atoms with E-state index in [1.807, 2.05) is 0 Å². The molecule has 0 heterocycles. The highest BCUT2D eigenvalue weighted by Gasteiger charge is 2.36. The maximum absolute atomic E-state index is 8.63. The fourth-order valence-electron chi connectivity index (χ4n) is 3.14. The van der Waals surface area contributed by atoms with E-state index < -0.39 is 0 Å². The number of nitriles is 1. The molecule has 80 valence electrons. The second kappa shape index (κ2) is 3.79. The molecule has 2 aliphatic rings. The fraction of sp³-hybridized carbons (Fsp3) is 0.400. The summed E-state index contributed by atoms with van der Waals surface area (Å²) in [7, 11) is 0. The molecule has 3 rings (SSSR count). The van der Waals surface area contributed by atoms with Gasteiger partial charge in [0.25, 0.3) is 0 Å². The van der Waals surface area contributed by atoms with Crippen LogP contribution in [0.5, 0.6) is 0 Å². The fourth-order valence-corrected chi connectivity index (χ4v) is 3.14. The molecule has 3 atom stereocenters. The lowest BCUT2D eigenvalue weighted by atomic mass is 9.86.